The summed E-state index contributed by atoms with van der Waals surface area (Å²) < 4.78 is 11.0. The maximum absolute atomic E-state index is 11.4. The molecule has 17 heavy (non-hydrogen) atoms. The molecule has 0 bridgehead atoms. The second-order valence-corrected chi connectivity index (χ2v) is 3.60. The van der Waals surface area contributed by atoms with Gasteiger partial charge in [-0.2, -0.15) is 5.10 Å². The Labute approximate surface area is 99.5 Å². The molecule has 1 aromatic rings. The second kappa shape index (κ2) is 6.03. The summed E-state index contributed by atoms with van der Waals surface area (Å²) in [4.78, 5) is 22.6. The summed E-state index contributed by atoms with van der Waals surface area (Å²) in [6, 6.07) is 0. The number of hydrogen-bond donors (Lipinski definition) is 0. The van der Waals surface area contributed by atoms with Gasteiger partial charge in [-0.25, -0.2) is 4.79 Å². The standard InChI is InChI=1S/C11H16N2O4/c1-4-17-11(15)9-5-12-13(7-9)6-8(2)10(14)16-3/h5,7-8H,4,6H2,1-3H3. The van der Waals surface area contributed by atoms with E-state index in [1.807, 2.05) is 0 Å². The summed E-state index contributed by atoms with van der Waals surface area (Å²) in [7, 11) is 1.34. The lowest BCUT2D eigenvalue weighted by Gasteiger charge is -2.08. The highest BCUT2D eigenvalue weighted by atomic mass is 16.5. The van der Waals surface area contributed by atoms with Crippen LogP contribution >= 0.6 is 0 Å². The van der Waals surface area contributed by atoms with Gasteiger partial charge >= 0.3 is 11.9 Å². The summed E-state index contributed by atoms with van der Waals surface area (Å²) in [6.45, 7) is 4.16. The van der Waals surface area contributed by atoms with Crippen molar-refractivity contribution in [2.75, 3.05) is 13.7 Å². The molecule has 0 amide bonds. The number of esters is 2. The molecule has 1 rings (SSSR count). The molecule has 0 fully saturated rings. The molecular weight excluding hydrogens is 224 g/mol. The fraction of sp³-hybridized carbons (Fsp3) is 0.545. The quantitative estimate of drug-likeness (QED) is 0.714. The Kier molecular flexibility index (Phi) is 4.68. The molecule has 6 nitrogen and oxygen atoms in total. The van der Waals surface area contributed by atoms with Gasteiger partial charge < -0.3 is 9.47 Å². The minimum Gasteiger partial charge on any atom is -0.469 e. The Morgan fingerprint density at radius 3 is 2.82 bits per heavy atom. The summed E-state index contributed by atoms with van der Waals surface area (Å²) in [5.74, 6) is -1.03. The number of carbonyl (C=O) groups is 2. The van der Waals surface area contributed by atoms with Crippen LogP contribution in [0.25, 0.3) is 0 Å². The fourth-order valence-electron chi connectivity index (χ4n) is 1.34. The third-order valence-electron chi connectivity index (χ3n) is 2.21. The molecule has 0 aliphatic heterocycles. The smallest absolute Gasteiger partial charge is 0.341 e. The molecule has 0 aliphatic rings. The average molecular weight is 240 g/mol. The number of aromatic nitrogens is 2. The van der Waals surface area contributed by atoms with Crippen LogP contribution in [0.2, 0.25) is 0 Å². The molecular formula is C11H16N2O4. The van der Waals surface area contributed by atoms with Crippen molar-refractivity contribution in [3.05, 3.63) is 18.0 Å². The van der Waals surface area contributed by atoms with Crippen molar-refractivity contribution < 1.29 is 19.1 Å². The van der Waals surface area contributed by atoms with E-state index >= 15 is 0 Å². The molecule has 0 aromatic carbocycles. The molecule has 0 spiro atoms. The SMILES string of the molecule is CCOC(=O)c1cnn(CC(C)C(=O)OC)c1. The van der Waals surface area contributed by atoms with Crippen LogP contribution in [0.3, 0.4) is 0 Å². The van der Waals surface area contributed by atoms with Gasteiger partial charge in [0.05, 0.1) is 37.9 Å². The minimum absolute atomic E-state index is 0.307. The van der Waals surface area contributed by atoms with Crippen LogP contribution in [0, 0.1) is 5.92 Å². The van der Waals surface area contributed by atoms with E-state index in [2.05, 4.69) is 9.84 Å². The van der Waals surface area contributed by atoms with Crippen LogP contribution in [-0.2, 0) is 20.8 Å². The maximum atomic E-state index is 11.4. The van der Waals surface area contributed by atoms with Gasteiger partial charge in [-0.3, -0.25) is 9.48 Å². The van der Waals surface area contributed by atoms with E-state index in [-0.39, 0.29) is 11.9 Å². The van der Waals surface area contributed by atoms with Crippen molar-refractivity contribution in [1.29, 1.82) is 0 Å². The van der Waals surface area contributed by atoms with Crippen molar-refractivity contribution in [2.45, 2.75) is 20.4 Å². The Hall–Kier alpha value is -1.85. The normalized spacial score (nSPS) is 11.9. The summed E-state index contributed by atoms with van der Waals surface area (Å²) in [5.41, 5.74) is 0.379. The lowest BCUT2D eigenvalue weighted by atomic mass is 10.2. The van der Waals surface area contributed by atoms with Crippen LogP contribution in [0.5, 0.6) is 0 Å². The van der Waals surface area contributed by atoms with E-state index in [1.165, 1.54) is 18.0 Å². The van der Waals surface area contributed by atoms with Crippen LogP contribution in [0.4, 0.5) is 0 Å². The van der Waals surface area contributed by atoms with Crippen molar-refractivity contribution in [3.8, 4) is 0 Å². The van der Waals surface area contributed by atoms with E-state index < -0.39 is 5.97 Å². The number of rotatable bonds is 5. The Balaban J connectivity index is 2.62. The van der Waals surface area contributed by atoms with Gasteiger partial charge in [-0.15, -0.1) is 0 Å². The van der Waals surface area contributed by atoms with Gasteiger partial charge in [0, 0.05) is 6.20 Å². The van der Waals surface area contributed by atoms with E-state index in [1.54, 1.807) is 20.0 Å². The summed E-state index contributed by atoms with van der Waals surface area (Å²) in [5, 5.41) is 3.98. The van der Waals surface area contributed by atoms with Gasteiger partial charge in [0.2, 0.25) is 0 Å². The molecule has 94 valence electrons. The first-order chi connectivity index (χ1) is 8.08. The highest BCUT2D eigenvalue weighted by Gasteiger charge is 2.15. The monoisotopic (exact) mass is 240 g/mol. The van der Waals surface area contributed by atoms with Gasteiger partial charge in [-0.05, 0) is 6.92 Å². The zero-order chi connectivity index (χ0) is 12.8. The first-order valence-electron chi connectivity index (χ1n) is 5.35. The van der Waals surface area contributed by atoms with E-state index in [0.717, 1.165) is 0 Å². The van der Waals surface area contributed by atoms with Crippen LogP contribution in [0.1, 0.15) is 24.2 Å². The Morgan fingerprint density at radius 1 is 1.53 bits per heavy atom. The number of ether oxygens (including phenoxy) is 2. The van der Waals surface area contributed by atoms with E-state index in [9.17, 15) is 9.59 Å². The molecule has 1 atom stereocenters. The van der Waals surface area contributed by atoms with Crippen molar-refractivity contribution in [1.82, 2.24) is 9.78 Å². The summed E-state index contributed by atoms with van der Waals surface area (Å²) in [6.07, 6.45) is 2.97. The first kappa shape index (κ1) is 13.2. The highest BCUT2D eigenvalue weighted by molar-refractivity contribution is 5.88. The minimum atomic E-state index is -0.413. The molecule has 0 aliphatic carbocycles. The molecule has 0 saturated carbocycles. The molecule has 0 saturated heterocycles. The second-order valence-electron chi connectivity index (χ2n) is 3.60. The van der Waals surface area contributed by atoms with Crippen LogP contribution in [-0.4, -0.2) is 35.4 Å². The molecule has 0 radical (unpaired) electrons. The zero-order valence-electron chi connectivity index (χ0n) is 10.2. The van der Waals surface area contributed by atoms with E-state index in [0.29, 0.717) is 18.7 Å². The third-order valence-corrected chi connectivity index (χ3v) is 2.21. The van der Waals surface area contributed by atoms with Crippen molar-refractivity contribution in [3.63, 3.8) is 0 Å². The largest absolute Gasteiger partial charge is 0.469 e. The molecule has 1 heterocycles. The van der Waals surface area contributed by atoms with E-state index in [4.69, 9.17) is 4.74 Å². The topological polar surface area (TPSA) is 70.4 Å². The van der Waals surface area contributed by atoms with Crippen LogP contribution in [0.15, 0.2) is 12.4 Å². The molecule has 1 aromatic heterocycles. The van der Waals surface area contributed by atoms with Crippen LogP contribution < -0.4 is 0 Å². The maximum Gasteiger partial charge on any atom is 0.341 e. The first-order valence-corrected chi connectivity index (χ1v) is 5.35. The lowest BCUT2D eigenvalue weighted by Crippen LogP contribution is -2.19. The van der Waals surface area contributed by atoms with Crippen molar-refractivity contribution in [2.24, 2.45) is 5.92 Å². The molecule has 0 N–H and O–H groups in total. The Bertz CT molecular complexity index is 400. The number of nitrogens with zero attached hydrogens (tertiary/aromatic N) is 2. The number of hydrogen-bond acceptors (Lipinski definition) is 5. The van der Waals surface area contributed by atoms with Gasteiger partial charge in [-0.1, -0.05) is 6.92 Å². The number of carbonyl (C=O) groups excluding carboxylic acids is 2. The van der Waals surface area contributed by atoms with Crippen molar-refractivity contribution >= 4 is 11.9 Å². The Morgan fingerprint density at radius 2 is 2.24 bits per heavy atom. The third kappa shape index (κ3) is 3.58. The number of methoxy groups -OCH3 is 1. The van der Waals surface area contributed by atoms with Gasteiger partial charge in [0.1, 0.15) is 0 Å². The average Bonchev–Trinajstić information content (AvgIpc) is 2.76. The lowest BCUT2D eigenvalue weighted by molar-refractivity contribution is -0.145. The summed E-state index contributed by atoms with van der Waals surface area (Å²) >= 11 is 0. The fourth-order valence-corrected chi connectivity index (χ4v) is 1.34. The zero-order valence-corrected chi connectivity index (χ0v) is 10.2. The predicted molar refractivity (Wildman–Crippen MR) is 59.4 cm³/mol. The van der Waals surface area contributed by atoms with Gasteiger partial charge in [0.25, 0.3) is 0 Å². The highest BCUT2D eigenvalue weighted by Crippen LogP contribution is 2.05. The predicted octanol–water partition coefficient (Wildman–Crippen LogP) is 0.869. The van der Waals surface area contributed by atoms with Gasteiger partial charge in [0.15, 0.2) is 0 Å². The molecule has 1 unspecified atom stereocenters. The molecule has 6 heteroatoms.